The van der Waals surface area contributed by atoms with E-state index in [9.17, 15) is 9.90 Å². The molecule has 0 saturated heterocycles. The van der Waals surface area contributed by atoms with Crippen molar-refractivity contribution in [3.8, 4) is 5.75 Å². The molecule has 2 amide bonds. The summed E-state index contributed by atoms with van der Waals surface area (Å²) in [5, 5.41) is 19.3. The molecule has 1 fully saturated rings. The van der Waals surface area contributed by atoms with Gasteiger partial charge in [-0.3, -0.25) is 0 Å². The molecule has 0 radical (unpaired) electrons. The van der Waals surface area contributed by atoms with Crippen molar-refractivity contribution in [3.05, 3.63) is 46.3 Å². The summed E-state index contributed by atoms with van der Waals surface area (Å²) in [6, 6.07) is 6.51. The molecule has 116 valence electrons. The molecular weight excluding hydrogens is 306 g/mol. The second-order valence-corrected chi connectivity index (χ2v) is 5.68. The average Bonchev–Trinajstić information content (AvgIpc) is 3.25. The number of nitrogens with zero attached hydrogens (tertiary/aromatic N) is 1. The van der Waals surface area contributed by atoms with Crippen molar-refractivity contribution >= 4 is 17.6 Å². The Morgan fingerprint density at radius 2 is 2.14 bits per heavy atom. The van der Waals surface area contributed by atoms with Crippen LogP contribution >= 0.6 is 11.6 Å². The molecule has 0 atom stereocenters. The summed E-state index contributed by atoms with van der Waals surface area (Å²) in [5.74, 6) is 1.13. The van der Waals surface area contributed by atoms with Crippen LogP contribution in [0.25, 0.3) is 0 Å². The molecule has 7 heteroatoms. The zero-order valence-electron chi connectivity index (χ0n) is 11.8. The summed E-state index contributed by atoms with van der Waals surface area (Å²) in [6.07, 6.45) is 2.31. The first kappa shape index (κ1) is 14.7. The van der Waals surface area contributed by atoms with Crippen LogP contribution in [0, 0.1) is 0 Å². The normalized spacial score (nSPS) is 13.9. The van der Waals surface area contributed by atoms with E-state index in [1.54, 1.807) is 18.2 Å². The highest BCUT2D eigenvalue weighted by Gasteiger charge is 2.27. The van der Waals surface area contributed by atoms with E-state index in [1.165, 1.54) is 0 Å². The number of phenolic OH excluding ortho intramolecular Hbond substituents is 1. The lowest BCUT2D eigenvalue weighted by molar-refractivity contribution is 0.238. The van der Waals surface area contributed by atoms with Crippen molar-refractivity contribution in [2.45, 2.75) is 31.8 Å². The van der Waals surface area contributed by atoms with E-state index in [-0.39, 0.29) is 29.9 Å². The number of benzene rings is 1. The van der Waals surface area contributed by atoms with Crippen LogP contribution in [0.4, 0.5) is 4.79 Å². The Bertz CT molecular complexity index is 682. The van der Waals surface area contributed by atoms with Crippen molar-refractivity contribution in [1.29, 1.82) is 0 Å². The Morgan fingerprint density at radius 3 is 2.91 bits per heavy atom. The fraction of sp³-hybridized carbons (Fsp3) is 0.333. The molecular formula is C15H16ClN3O3. The number of phenols is 1. The summed E-state index contributed by atoms with van der Waals surface area (Å²) >= 11 is 5.81. The van der Waals surface area contributed by atoms with Gasteiger partial charge in [-0.2, -0.15) is 0 Å². The van der Waals surface area contributed by atoms with Crippen LogP contribution in [0.1, 0.15) is 35.8 Å². The number of carbonyl (C=O) groups excluding carboxylic acids is 1. The lowest BCUT2D eigenvalue weighted by Gasteiger charge is -2.08. The Hall–Kier alpha value is -2.21. The van der Waals surface area contributed by atoms with Gasteiger partial charge in [0.15, 0.2) is 5.76 Å². The molecule has 2 aromatic rings. The molecule has 22 heavy (non-hydrogen) atoms. The van der Waals surface area contributed by atoms with Gasteiger partial charge in [-0.05, 0) is 18.9 Å². The number of halogens is 1. The SMILES string of the molecule is O=C(NCc1cc(C2CC2)no1)NCc1cccc(Cl)c1O. The highest BCUT2D eigenvalue weighted by molar-refractivity contribution is 6.32. The van der Waals surface area contributed by atoms with Crippen molar-refractivity contribution in [2.75, 3.05) is 0 Å². The third kappa shape index (κ3) is 3.51. The third-order valence-corrected chi connectivity index (χ3v) is 3.81. The van der Waals surface area contributed by atoms with E-state index in [1.807, 2.05) is 6.07 Å². The molecule has 0 unspecified atom stereocenters. The van der Waals surface area contributed by atoms with Crippen molar-refractivity contribution in [2.24, 2.45) is 0 Å². The van der Waals surface area contributed by atoms with Gasteiger partial charge in [0.1, 0.15) is 5.75 Å². The van der Waals surface area contributed by atoms with Crippen molar-refractivity contribution < 1.29 is 14.4 Å². The first-order chi connectivity index (χ1) is 10.6. The maximum atomic E-state index is 11.7. The maximum Gasteiger partial charge on any atom is 0.315 e. The number of rotatable bonds is 5. The molecule has 1 aliphatic rings. The molecule has 1 heterocycles. The van der Waals surface area contributed by atoms with Crippen LogP contribution in [0.2, 0.25) is 5.02 Å². The molecule has 1 aromatic heterocycles. The number of para-hydroxylation sites is 1. The number of nitrogens with one attached hydrogen (secondary N) is 2. The zero-order chi connectivity index (χ0) is 15.5. The van der Waals surface area contributed by atoms with Crippen LogP contribution in [0.15, 0.2) is 28.8 Å². The fourth-order valence-corrected chi connectivity index (χ4v) is 2.29. The Morgan fingerprint density at radius 1 is 1.36 bits per heavy atom. The van der Waals surface area contributed by atoms with Gasteiger partial charge in [-0.25, -0.2) is 4.79 Å². The monoisotopic (exact) mass is 321 g/mol. The lowest BCUT2D eigenvalue weighted by atomic mass is 10.2. The number of aromatic hydroxyl groups is 1. The van der Waals surface area contributed by atoms with E-state index in [0.717, 1.165) is 18.5 Å². The summed E-state index contributed by atoms with van der Waals surface area (Å²) in [5.41, 5.74) is 1.51. The van der Waals surface area contributed by atoms with E-state index >= 15 is 0 Å². The molecule has 1 aromatic carbocycles. The highest BCUT2D eigenvalue weighted by atomic mass is 35.5. The number of hydrogen-bond acceptors (Lipinski definition) is 4. The van der Waals surface area contributed by atoms with E-state index in [4.69, 9.17) is 16.1 Å². The predicted octanol–water partition coefficient (Wildman–Crippen LogP) is 2.91. The minimum Gasteiger partial charge on any atom is -0.506 e. The summed E-state index contributed by atoms with van der Waals surface area (Å²) < 4.78 is 5.16. The smallest absolute Gasteiger partial charge is 0.315 e. The minimum atomic E-state index is -0.358. The van der Waals surface area contributed by atoms with Crippen LogP contribution < -0.4 is 10.6 Å². The predicted molar refractivity (Wildman–Crippen MR) is 80.7 cm³/mol. The second kappa shape index (κ2) is 6.27. The van der Waals surface area contributed by atoms with Gasteiger partial charge in [-0.15, -0.1) is 0 Å². The topological polar surface area (TPSA) is 87.4 Å². The molecule has 0 aliphatic heterocycles. The summed E-state index contributed by atoms with van der Waals surface area (Å²) in [7, 11) is 0. The minimum absolute atomic E-state index is 0.0197. The number of aromatic nitrogens is 1. The molecule has 1 aliphatic carbocycles. The van der Waals surface area contributed by atoms with Crippen LogP contribution in [-0.4, -0.2) is 16.3 Å². The number of amides is 2. The van der Waals surface area contributed by atoms with Gasteiger partial charge in [0.05, 0.1) is 17.3 Å². The van der Waals surface area contributed by atoms with Gasteiger partial charge in [0.2, 0.25) is 0 Å². The number of hydrogen-bond donors (Lipinski definition) is 3. The zero-order valence-corrected chi connectivity index (χ0v) is 12.6. The standard InChI is InChI=1S/C15H16ClN3O3/c16-12-3-1-2-10(14(12)20)7-17-15(21)18-8-11-6-13(19-22-11)9-4-5-9/h1-3,6,9,20H,4-5,7-8H2,(H2,17,18,21). The number of carbonyl (C=O) groups is 1. The van der Waals surface area contributed by atoms with Gasteiger partial charge in [0.25, 0.3) is 0 Å². The van der Waals surface area contributed by atoms with E-state index in [0.29, 0.717) is 17.2 Å². The average molecular weight is 322 g/mol. The highest BCUT2D eigenvalue weighted by Crippen LogP contribution is 2.39. The largest absolute Gasteiger partial charge is 0.506 e. The maximum absolute atomic E-state index is 11.7. The lowest BCUT2D eigenvalue weighted by Crippen LogP contribution is -2.34. The van der Waals surface area contributed by atoms with Gasteiger partial charge in [-0.1, -0.05) is 28.9 Å². The second-order valence-electron chi connectivity index (χ2n) is 5.28. The van der Waals surface area contributed by atoms with Gasteiger partial charge < -0.3 is 20.3 Å². The summed E-state index contributed by atoms with van der Waals surface area (Å²) in [4.78, 5) is 11.7. The molecule has 3 N–H and O–H groups in total. The Balaban J connectivity index is 1.46. The third-order valence-electron chi connectivity index (χ3n) is 3.51. The van der Waals surface area contributed by atoms with Crippen LogP contribution in [0.5, 0.6) is 5.75 Å². The van der Waals surface area contributed by atoms with Crippen LogP contribution in [-0.2, 0) is 13.1 Å². The van der Waals surface area contributed by atoms with Crippen LogP contribution in [0.3, 0.4) is 0 Å². The Kier molecular flexibility index (Phi) is 4.20. The molecule has 0 spiro atoms. The van der Waals surface area contributed by atoms with Gasteiger partial charge in [0, 0.05) is 24.1 Å². The Labute approximate surface area is 132 Å². The fourth-order valence-electron chi connectivity index (χ4n) is 2.09. The number of urea groups is 1. The first-order valence-electron chi connectivity index (χ1n) is 7.07. The van der Waals surface area contributed by atoms with Gasteiger partial charge >= 0.3 is 6.03 Å². The molecule has 1 saturated carbocycles. The molecule has 6 nitrogen and oxygen atoms in total. The summed E-state index contributed by atoms with van der Waals surface area (Å²) in [6.45, 7) is 0.453. The first-order valence-corrected chi connectivity index (χ1v) is 7.45. The van der Waals surface area contributed by atoms with Crippen molar-refractivity contribution in [1.82, 2.24) is 15.8 Å². The van der Waals surface area contributed by atoms with E-state index < -0.39 is 0 Å². The van der Waals surface area contributed by atoms with E-state index in [2.05, 4.69) is 15.8 Å². The van der Waals surface area contributed by atoms with Crippen molar-refractivity contribution in [3.63, 3.8) is 0 Å². The molecule has 0 bridgehead atoms. The molecule has 3 rings (SSSR count). The quantitative estimate of drug-likeness (QED) is 0.790.